The Morgan fingerprint density at radius 2 is 2.04 bits per heavy atom. The van der Waals surface area contributed by atoms with E-state index in [0.29, 0.717) is 11.2 Å². The van der Waals surface area contributed by atoms with E-state index < -0.39 is 21.5 Å². The molecule has 1 N–H and O–H groups in total. The van der Waals surface area contributed by atoms with Crippen LogP contribution in [0.3, 0.4) is 0 Å². The van der Waals surface area contributed by atoms with E-state index in [-0.39, 0.29) is 5.75 Å². The zero-order valence-electron chi connectivity index (χ0n) is 13.3. The SMILES string of the molecule is CCCCCS(=O)(=O)CC(=O)N/N=c1/sc2ccccc2n1C. The lowest BCUT2D eigenvalue weighted by Gasteiger charge is -2.02. The molecule has 23 heavy (non-hydrogen) atoms. The Labute approximate surface area is 139 Å². The molecule has 1 amide bonds. The molecule has 8 heteroatoms. The number of thiazole rings is 1. The van der Waals surface area contributed by atoms with Gasteiger partial charge in [0, 0.05) is 7.05 Å². The van der Waals surface area contributed by atoms with Crippen LogP contribution in [0.25, 0.3) is 10.2 Å². The van der Waals surface area contributed by atoms with Crippen LogP contribution in [0.5, 0.6) is 0 Å². The molecule has 0 radical (unpaired) electrons. The summed E-state index contributed by atoms with van der Waals surface area (Å²) >= 11 is 1.43. The number of rotatable bonds is 7. The van der Waals surface area contributed by atoms with E-state index in [1.165, 1.54) is 11.3 Å². The fraction of sp³-hybridized carbons (Fsp3) is 0.467. The molecular weight excluding hydrogens is 334 g/mol. The molecular formula is C15H21N3O3S2. The predicted octanol–water partition coefficient (Wildman–Crippen LogP) is 1.78. The molecule has 0 saturated heterocycles. The highest BCUT2D eigenvalue weighted by molar-refractivity contribution is 7.92. The van der Waals surface area contributed by atoms with Crippen molar-refractivity contribution in [3.63, 3.8) is 0 Å². The minimum absolute atomic E-state index is 0.0466. The summed E-state index contributed by atoms with van der Waals surface area (Å²) in [6, 6.07) is 7.80. The molecule has 0 aliphatic heterocycles. The third kappa shape index (κ3) is 4.90. The van der Waals surface area contributed by atoms with Crippen LogP contribution in [0, 0.1) is 0 Å². The first-order chi connectivity index (χ1) is 10.9. The number of amides is 1. The van der Waals surface area contributed by atoms with Crippen molar-refractivity contribution in [2.45, 2.75) is 26.2 Å². The molecule has 0 aliphatic carbocycles. The summed E-state index contributed by atoms with van der Waals surface area (Å²) in [5.74, 6) is -1.07. The summed E-state index contributed by atoms with van der Waals surface area (Å²) in [6.07, 6.45) is 2.39. The third-order valence-corrected chi connectivity index (χ3v) is 6.13. The minimum Gasteiger partial charge on any atom is -0.318 e. The Morgan fingerprint density at radius 1 is 1.30 bits per heavy atom. The van der Waals surface area contributed by atoms with Crippen molar-refractivity contribution in [1.82, 2.24) is 9.99 Å². The van der Waals surface area contributed by atoms with Crippen molar-refractivity contribution < 1.29 is 13.2 Å². The monoisotopic (exact) mass is 355 g/mol. The summed E-state index contributed by atoms with van der Waals surface area (Å²) < 4.78 is 26.6. The van der Waals surface area contributed by atoms with Crippen molar-refractivity contribution >= 4 is 37.3 Å². The van der Waals surface area contributed by atoms with Gasteiger partial charge in [-0.05, 0) is 18.6 Å². The topological polar surface area (TPSA) is 80.5 Å². The van der Waals surface area contributed by atoms with Crippen molar-refractivity contribution in [2.75, 3.05) is 11.5 Å². The van der Waals surface area contributed by atoms with Crippen LogP contribution in [0.15, 0.2) is 29.4 Å². The van der Waals surface area contributed by atoms with Gasteiger partial charge in [-0.25, -0.2) is 13.8 Å². The predicted molar refractivity (Wildman–Crippen MR) is 92.7 cm³/mol. The van der Waals surface area contributed by atoms with Crippen molar-refractivity contribution in [1.29, 1.82) is 0 Å². The molecule has 126 valence electrons. The fourth-order valence-corrected chi connectivity index (χ4v) is 4.41. The Kier molecular flexibility index (Phi) is 5.95. The van der Waals surface area contributed by atoms with E-state index in [1.807, 2.05) is 42.8 Å². The van der Waals surface area contributed by atoms with Crippen molar-refractivity contribution in [3.05, 3.63) is 29.1 Å². The lowest BCUT2D eigenvalue weighted by atomic mass is 10.3. The number of fused-ring (bicyclic) bond motifs is 1. The molecule has 0 saturated carbocycles. The number of benzene rings is 1. The quantitative estimate of drug-likeness (QED) is 0.607. The summed E-state index contributed by atoms with van der Waals surface area (Å²) in [4.78, 5) is 12.4. The number of carbonyl (C=O) groups excluding carboxylic acids is 1. The van der Waals surface area contributed by atoms with Crippen molar-refractivity contribution in [2.24, 2.45) is 12.1 Å². The number of para-hydroxylation sites is 1. The van der Waals surface area contributed by atoms with E-state index >= 15 is 0 Å². The normalized spacial score (nSPS) is 12.7. The van der Waals surface area contributed by atoms with Gasteiger partial charge < -0.3 is 4.57 Å². The summed E-state index contributed by atoms with van der Waals surface area (Å²) in [6.45, 7) is 2.00. The van der Waals surface area contributed by atoms with Gasteiger partial charge in [-0.3, -0.25) is 4.79 Å². The molecule has 0 aliphatic rings. The fourth-order valence-electron chi connectivity index (χ4n) is 2.17. The van der Waals surface area contributed by atoms with E-state index in [9.17, 15) is 13.2 Å². The first-order valence-electron chi connectivity index (χ1n) is 7.50. The van der Waals surface area contributed by atoms with E-state index in [2.05, 4.69) is 10.5 Å². The van der Waals surface area contributed by atoms with Crippen LogP contribution in [-0.4, -0.2) is 30.4 Å². The van der Waals surface area contributed by atoms with Crippen LogP contribution in [-0.2, 0) is 21.7 Å². The molecule has 0 atom stereocenters. The van der Waals surface area contributed by atoms with Gasteiger partial charge in [-0.2, -0.15) is 0 Å². The highest BCUT2D eigenvalue weighted by Crippen LogP contribution is 2.14. The lowest BCUT2D eigenvalue weighted by Crippen LogP contribution is -2.30. The molecule has 2 rings (SSSR count). The molecule has 1 aromatic heterocycles. The molecule has 1 aromatic carbocycles. The zero-order chi connectivity index (χ0) is 16.9. The van der Waals surface area contributed by atoms with Gasteiger partial charge in [0.15, 0.2) is 9.84 Å². The van der Waals surface area contributed by atoms with E-state index in [4.69, 9.17) is 0 Å². The van der Waals surface area contributed by atoms with E-state index in [0.717, 1.165) is 23.1 Å². The summed E-state index contributed by atoms with van der Waals surface area (Å²) in [5, 5.41) is 4.04. The standard InChI is InChI=1S/C15H21N3O3S2/c1-3-4-7-10-23(20,21)11-14(19)16-17-15-18(2)12-8-5-6-9-13(12)22-15/h5-6,8-9H,3-4,7,10-11H2,1-2H3,(H,16,19)/b17-15+. The van der Waals surface area contributed by atoms with Gasteiger partial charge in [0.05, 0.1) is 16.0 Å². The number of nitrogens with zero attached hydrogens (tertiary/aromatic N) is 2. The number of sulfone groups is 1. The number of nitrogens with one attached hydrogen (secondary N) is 1. The van der Waals surface area contributed by atoms with Gasteiger partial charge in [-0.15, -0.1) is 5.10 Å². The molecule has 0 bridgehead atoms. The maximum absolute atomic E-state index is 11.8. The summed E-state index contributed by atoms with van der Waals surface area (Å²) in [5.41, 5.74) is 3.36. The molecule has 2 aromatic rings. The average Bonchev–Trinajstić information content (AvgIpc) is 2.82. The van der Waals surface area contributed by atoms with Gasteiger partial charge in [0.25, 0.3) is 5.91 Å². The van der Waals surface area contributed by atoms with Crippen molar-refractivity contribution in [3.8, 4) is 0 Å². The number of aryl methyl sites for hydroxylation is 1. The Bertz CT molecular complexity index is 850. The summed E-state index contributed by atoms with van der Waals surface area (Å²) in [7, 11) is -1.52. The number of aromatic nitrogens is 1. The van der Waals surface area contributed by atoms with Crippen LogP contribution in [0.4, 0.5) is 0 Å². The molecule has 0 unspecified atom stereocenters. The Hall–Kier alpha value is -1.67. The third-order valence-electron chi connectivity index (χ3n) is 3.40. The number of hydrogen-bond donors (Lipinski definition) is 1. The van der Waals surface area contributed by atoms with Gasteiger partial charge >= 0.3 is 0 Å². The number of hydrogen-bond acceptors (Lipinski definition) is 5. The molecule has 0 fully saturated rings. The molecule has 1 heterocycles. The highest BCUT2D eigenvalue weighted by atomic mass is 32.2. The first kappa shape index (κ1) is 17.7. The second-order valence-corrected chi connectivity index (χ2v) is 8.55. The van der Waals surface area contributed by atoms with Crippen LogP contribution in [0.2, 0.25) is 0 Å². The molecule has 6 nitrogen and oxygen atoms in total. The number of carbonyl (C=O) groups is 1. The minimum atomic E-state index is -3.37. The Morgan fingerprint density at radius 3 is 2.74 bits per heavy atom. The Balaban J connectivity index is 2.04. The smallest absolute Gasteiger partial charge is 0.255 e. The maximum atomic E-state index is 11.8. The van der Waals surface area contributed by atoms with Crippen LogP contribution in [0.1, 0.15) is 26.2 Å². The second-order valence-electron chi connectivity index (χ2n) is 5.36. The highest BCUT2D eigenvalue weighted by Gasteiger charge is 2.16. The first-order valence-corrected chi connectivity index (χ1v) is 10.1. The largest absolute Gasteiger partial charge is 0.318 e. The maximum Gasteiger partial charge on any atom is 0.255 e. The van der Waals surface area contributed by atoms with Gasteiger partial charge in [-0.1, -0.05) is 43.2 Å². The second kappa shape index (κ2) is 7.74. The van der Waals surface area contributed by atoms with Crippen LogP contribution < -0.4 is 10.2 Å². The molecule has 0 spiro atoms. The van der Waals surface area contributed by atoms with E-state index in [1.54, 1.807) is 0 Å². The van der Waals surface area contributed by atoms with Gasteiger partial charge in [0.2, 0.25) is 4.80 Å². The lowest BCUT2D eigenvalue weighted by molar-refractivity contribution is -0.118. The average molecular weight is 355 g/mol. The van der Waals surface area contributed by atoms with Gasteiger partial charge in [0.1, 0.15) is 5.75 Å². The zero-order valence-corrected chi connectivity index (χ0v) is 14.9. The van der Waals surface area contributed by atoms with Crippen LogP contribution >= 0.6 is 11.3 Å². The number of unbranched alkanes of at least 4 members (excludes halogenated alkanes) is 2.